The monoisotopic (exact) mass is 360 g/mol. The molecule has 0 saturated carbocycles. The molecule has 4 rings (SSSR count). The fraction of sp³-hybridized carbons (Fsp3) is 0.190. The number of hydrogen-bond donors (Lipinski definition) is 1. The Morgan fingerprint density at radius 3 is 2.56 bits per heavy atom. The van der Waals surface area contributed by atoms with Crippen LogP contribution >= 0.6 is 0 Å². The van der Waals surface area contributed by atoms with Gasteiger partial charge in [-0.25, -0.2) is 9.97 Å². The smallest absolute Gasteiger partial charge is 0.213 e. The van der Waals surface area contributed by atoms with Crippen LogP contribution in [0.1, 0.15) is 29.2 Å². The molecular weight excluding hydrogens is 340 g/mol. The normalized spacial score (nSPS) is 15.9. The maximum absolute atomic E-state index is 5.93. The molecule has 0 fully saturated rings. The number of aromatic nitrogens is 2. The lowest BCUT2D eigenvalue weighted by Crippen LogP contribution is -2.06. The van der Waals surface area contributed by atoms with Gasteiger partial charge in [0.25, 0.3) is 0 Å². The van der Waals surface area contributed by atoms with Crippen molar-refractivity contribution in [3.05, 3.63) is 83.7 Å². The molecular formula is C21H20N4O2. The molecule has 0 spiro atoms. The van der Waals surface area contributed by atoms with Crippen LogP contribution in [0.3, 0.4) is 0 Å². The molecule has 136 valence electrons. The first-order chi connectivity index (χ1) is 13.3. The highest BCUT2D eigenvalue weighted by molar-refractivity contribution is 5.87. The van der Waals surface area contributed by atoms with Gasteiger partial charge in [-0.2, -0.15) is 0 Å². The summed E-state index contributed by atoms with van der Waals surface area (Å²) in [6.45, 7) is 0.490. The van der Waals surface area contributed by atoms with E-state index in [2.05, 4.69) is 39.4 Å². The van der Waals surface area contributed by atoms with E-state index in [4.69, 9.17) is 15.3 Å². The largest absolute Gasteiger partial charge is 0.473 e. The van der Waals surface area contributed by atoms with E-state index in [1.54, 1.807) is 12.4 Å². The van der Waals surface area contributed by atoms with E-state index in [0.29, 0.717) is 18.3 Å². The summed E-state index contributed by atoms with van der Waals surface area (Å²) in [5.74, 6) is 1.12. The zero-order chi connectivity index (χ0) is 18.5. The van der Waals surface area contributed by atoms with E-state index in [-0.39, 0.29) is 6.10 Å². The Labute approximate surface area is 157 Å². The third kappa shape index (κ3) is 4.23. The van der Waals surface area contributed by atoms with Gasteiger partial charge in [0.2, 0.25) is 5.88 Å². The number of nitrogens with two attached hydrogens (primary N) is 1. The third-order valence-electron chi connectivity index (χ3n) is 4.40. The number of pyridine rings is 2. The number of benzene rings is 1. The predicted molar refractivity (Wildman–Crippen MR) is 103 cm³/mol. The molecule has 1 aliphatic rings. The van der Waals surface area contributed by atoms with Crippen molar-refractivity contribution in [1.29, 1.82) is 0 Å². The van der Waals surface area contributed by atoms with Gasteiger partial charge in [0.1, 0.15) is 12.4 Å². The number of anilines is 1. The van der Waals surface area contributed by atoms with Gasteiger partial charge in [-0.15, -0.1) is 0 Å². The van der Waals surface area contributed by atoms with Gasteiger partial charge in [-0.05, 0) is 29.3 Å². The molecule has 0 saturated heterocycles. The fourth-order valence-corrected chi connectivity index (χ4v) is 2.98. The van der Waals surface area contributed by atoms with Crippen molar-refractivity contribution in [2.24, 2.45) is 5.16 Å². The molecule has 2 aromatic heterocycles. The Morgan fingerprint density at radius 1 is 0.963 bits per heavy atom. The molecule has 2 N–H and O–H groups in total. The van der Waals surface area contributed by atoms with Gasteiger partial charge >= 0.3 is 0 Å². The van der Waals surface area contributed by atoms with Gasteiger partial charge in [0.05, 0.1) is 5.71 Å². The average molecular weight is 360 g/mol. The van der Waals surface area contributed by atoms with Crippen LogP contribution in [0.25, 0.3) is 0 Å². The van der Waals surface area contributed by atoms with Crippen LogP contribution in [-0.4, -0.2) is 15.7 Å². The average Bonchev–Trinajstić information content (AvgIpc) is 3.17. The standard InChI is InChI=1S/C21H20N4O2/c22-21-18(4-3-11-24-21)19-13-17(25-27-19)12-15-6-8-16(9-7-15)14-26-20-5-1-2-10-23-20/h1-11,19H,12-14H2,(H2,22,24). The second kappa shape index (κ2) is 7.86. The van der Waals surface area contributed by atoms with Gasteiger partial charge in [-0.3, -0.25) is 0 Å². The number of ether oxygens (including phenoxy) is 1. The molecule has 1 unspecified atom stereocenters. The SMILES string of the molecule is Nc1ncccc1C1CC(Cc2ccc(COc3ccccn3)cc2)=NO1. The van der Waals surface area contributed by atoms with E-state index in [0.717, 1.165) is 29.7 Å². The van der Waals surface area contributed by atoms with E-state index in [1.807, 2.05) is 30.3 Å². The maximum atomic E-state index is 5.93. The summed E-state index contributed by atoms with van der Waals surface area (Å²) in [6, 6.07) is 17.7. The molecule has 1 atom stereocenters. The minimum atomic E-state index is -0.153. The minimum absolute atomic E-state index is 0.153. The first kappa shape index (κ1) is 17.0. The highest BCUT2D eigenvalue weighted by Crippen LogP contribution is 2.30. The lowest BCUT2D eigenvalue weighted by molar-refractivity contribution is 0.0860. The molecule has 0 radical (unpaired) electrons. The topological polar surface area (TPSA) is 82.6 Å². The predicted octanol–water partition coefficient (Wildman–Crippen LogP) is 3.70. The highest BCUT2D eigenvalue weighted by Gasteiger charge is 2.24. The van der Waals surface area contributed by atoms with Crippen molar-refractivity contribution in [3.63, 3.8) is 0 Å². The number of nitrogen functional groups attached to an aromatic ring is 1. The zero-order valence-electron chi connectivity index (χ0n) is 14.8. The Hall–Kier alpha value is -3.41. The second-order valence-electron chi connectivity index (χ2n) is 6.38. The Balaban J connectivity index is 1.32. The van der Waals surface area contributed by atoms with Gasteiger partial charge in [-0.1, -0.05) is 35.5 Å². The molecule has 3 aromatic rings. The van der Waals surface area contributed by atoms with Crippen LogP contribution in [0.2, 0.25) is 0 Å². The van der Waals surface area contributed by atoms with Crippen LogP contribution in [0.4, 0.5) is 5.82 Å². The lowest BCUT2D eigenvalue weighted by Gasteiger charge is -2.10. The molecule has 0 aliphatic carbocycles. The number of oxime groups is 1. The third-order valence-corrected chi connectivity index (χ3v) is 4.40. The molecule has 1 aromatic carbocycles. The van der Waals surface area contributed by atoms with E-state index in [9.17, 15) is 0 Å². The summed E-state index contributed by atoms with van der Waals surface area (Å²) in [4.78, 5) is 13.8. The van der Waals surface area contributed by atoms with Crippen LogP contribution < -0.4 is 10.5 Å². The molecule has 0 bridgehead atoms. The molecule has 6 nitrogen and oxygen atoms in total. The summed E-state index contributed by atoms with van der Waals surface area (Å²) in [6.07, 6.45) is 4.71. The Morgan fingerprint density at radius 2 is 1.78 bits per heavy atom. The van der Waals surface area contributed by atoms with E-state index >= 15 is 0 Å². The van der Waals surface area contributed by atoms with Crippen molar-refractivity contribution in [2.75, 3.05) is 5.73 Å². The molecule has 3 heterocycles. The number of rotatable bonds is 6. The van der Waals surface area contributed by atoms with Crippen LogP contribution in [-0.2, 0) is 17.9 Å². The minimum Gasteiger partial charge on any atom is -0.473 e. The lowest BCUT2D eigenvalue weighted by atomic mass is 10.00. The summed E-state index contributed by atoms with van der Waals surface area (Å²) in [5, 5.41) is 4.23. The first-order valence-electron chi connectivity index (χ1n) is 8.81. The molecule has 6 heteroatoms. The van der Waals surface area contributed by atoms with Crippen molar-refractivity contribution in [1.82, 2.24) is 9.97 Å². The summed E-state index contributed by atoms with van der Waals surface area (Å²) < 4.78 is 5.67. The van der Waals surface area contributed by atoms with Crippen molar-refractivity contribution in [2.45, 2.75) is 25.6 Å². The highest BCUT2D eigenvalue weighted by atomic mass is 16.6. The summed E-state index contributed by atoms with van der Waals surface area (Å²) >= 11 is 0. The van der Waals surface area contributed by atoms with Crippen molar-refractivity contribution in [3.8, 4) is 5.88 Å². The van der Waals surface area contributed by atoms with Crippen LogP contribution in [0.15, 0.2) is 72.1 Å². The number of nitrogens with zero attached hydrogens (tertiary/aromatic N) is 3. The Kier molecular flexibility index (Phi) is 4.96. The van der Waals surface area contributed by atoms with Crippen LogP contribution in [0.5, 0.6) is 5.88 Å². The maximum Gasteiger partial charge on any atom is 0.213 e. The summed E-state index contributed by atoms with van der Waals surface area (Å²) in [7, 11) is 0. The molecule has 0 amide bonds. The van der Waals surface area contributed by atoms with E-state index in [1.165, 1.54) is 5.56 Å². The van der Waals surface area contributed by atoms with E-state index < -0.39 is 0 Å². The van der Waals surface area contributed by atoms with Gasteiger partial charge in [0.15, 0.2) is 6.10 Å². The zero-order valence-corrected chi connectivity index (χ0v) is 14.8. The second-order valence-corrected chi connectivity index (χ2v) is 6.38. The molecule has 27 heavy (non-hydrogen) atoms. The van der Waals surface area contributed by atoms with Crippen molar-refractivity contribution < 1.29 is 9.57 Å². The van der Waals surface area contributed by atoms with Gasteiger partial charge in [0, 0.05) is 36.9 Å². The quantitative estimate of drug-likeness (QED) is 0.725. The van der Waals surface area contributed by atoms with Crippen molar-refractivity contribution >= 4 is 11.5 Å². The summed E-state index contributed by atoms with van der Waals surface area (Å²) in [5.41, 5.74) is 10.1. The first-order valence-corrected chi connectivity index (χ1v) is 8.81. The van der Waals surface area contributed by atoms with Crippen LogP contribution in [0, 0.1) is 0 Å². The fourth-order valence-electron chi connectivity index (χ4n) is 2.98. The molecule has 1 aliphatic heterocycles. The van der Waals surface area contributed by atoms with Gasteiger partial charge < -0.3 is 15.3 Å². The number of hydrogen-bond acceptors (Lipinski definition) is 6. The Bertz CT molecular complexity index is 926.